The second-order valence-electron chi connectivity index (χ2n) is 3.86. The monoisotopic (exact) mass is 297 g/mol. The maximum absolute atomic E-state index is 11.2. The van der Waals surface area contributed by atoms with Gasteiger partial charge in [0.25, 0.3) is 0 Å². The molecule has 0 aliphatic carbocycles. The van der Waals surface area contributed by atoms with Crippen LogP contribution >= 0.6 is 23.4 Å². The van der Waals surface area contributed by atoms with Crippen molar-refractivity contribution in [1.82, 2.24) is 9.78 Å². The first-order valence-corrected chi connectivity index (χ1v) is 7.01. The Labute approximate surface area is 119 Å². The van der Waals surface area contributed by atoms with E-state index in [-0.39, 0.29) is 11.4 Å². The van der Waals surface area contributed by atoms with Gasteiger partial charge < -0.3 is 10.8 Å². The smallest absolute Gasteiger partial charge is 0.342 e. The second-order valence-corrected chi connectivity index (χ2v) is 5.09. The lowest BCUT2D eigenvalue weighted by atomic mass is 10.2. The van der Waals surface area contributed by atoms with Crippen LogP contribution in [0.15, 0.2) is 29.3 Å². The van der Waals surface area contributed by atoms with Crippen LogP contribution in [0.3, 0.4) is 0 Å². The third-order valence-corrected chi connectivity index (χ3v) is 3.50. The van der Waals surface area contributed by atoms with Gasteiger partial charge in [-0.25, -0.2) is 9.48 Å². The summed E-state index contributed by atoms with van der Waals surface area (Å²) in [7, 11) is 0. The first kappa shape index (κ1) is 13.8. The molecule has 19 heavy (non-hydrogen) atoms. The Bertz CT molecular complexity index is 627. The number of anilines is 1. The molecule has 0 saturated heterocycles. The highest BCUT2D eigenvalue weighted by Crippen LogP contribution is 2.25. The van der Waals surface area contributed by atoms with Crippen molar-refractivity contribution in [2.24, 2.45) is 0 Å². The number of rotatable bonds is 4. The lowest BCUT2D eigenvalue weighted by Crippen LogP contribution is -2.08. The number of hydrogen-bond acceptors (Lipinski definition) is 4. The van der Waals surface area contributed by atoms with E-state index in [0.717, 1.165) is 5.56 Å². The van der Waals surface area contributed by atoms with Gasteiger partial charge in [0.15, 0.2) is 0 Å². The van der Waals surface area contributed by atoms with Gasteiger partial charge in [-0.2, -0.15) is 5.10 Å². The zero-order valence-corrected chi connectivity index (χ0v) is 11.7. The highest BCUT2D eigenvalue weighted by Gasteiger charge is 2.21. The predicted molar refractivity (Wildman–Crippen MR) is 75.9 cm³/mol. The number of carbonyl (C=O) groups is 1. The Balaban J connectivity index is 2.38. The van der Waals surface area contributed by atoms with Gasteiger partial charge in [-0.05, 0) is 24.0 Å². The molecule has 5 nitrogen and oxygen atoms in total. The molecule has 7 heteroatoms. The van der Waals surface area contributed by atoms with Crippen LogP contribution in [0.25, 0.3) is 0 Å². The summed E-state index contributed by atoms with van der Waals surface area (Å²) in [6.07, 6.45) is 1.76. The molecule has 0 amide bonds. The van der Waals surface area contributed by atoms with Crippen molar-refractivity contribution in [3.63, 3.8) is 0 Å². The van der Waals surface area contributed by atoms with Crippen molar-refractivity contribution in [1.29, 1.82) is 0 Å². The molecule has 0 radical (unpaired) electrons. The number of nitrogens with two attached hydrogens (primary N) is 1. The normalized spacial score (nSPS) is 10.6. The van der Waals surface area contributed by atoms with Crippen molar-refractivity contribution in [2.45, 2.75) is 11.6 Å². The van der Waals surface area contributed by atoms with Crippen molar-refractivity contribution < 1.29 is 9.90 Å². The first-order valence-electron chi connectivity index (χ1n) is 5.41. The maximum atomic E-state index is 11.2. The van der Waals surface area contributed by atoms with Crippen molar-refractivity contribution in [3.05, 3.63) is 40.4 Å². The van der Waals surface area contributed by atoms with E-state index in [1.807, 2.05) is 12.1 Å². The summed E-state index contributed by atoms with van der Waals surface area (Å²) >= 11 is 7.16. The summed E-state index contributed by atoms with van der Waals surface area (Å²) < 4.78 is 1.47. The molecule has 1 aromatic heterocycles. The lowest BCUT2D eigenvalue weighted by molar-refractivity contribution is 0.0694. The summed E-state index contributed by atoms with van der Waals surface area (Å²) in [4.78, 5) is 11.2. The number of benzene rings is 1. The van der Waals surface area contributed by atoms with Gasteiger partial charge in [0, 0.05) is 5.02 Å². The van der Waals surface area contributed by atoms with Gasteiger partial charge in [-0.15, -0.1) is 11.8 Å². The van der Waals surface area contributed by atoms with Crippen LogP contribution in [0.4, 0.5) is 5.82 Å². The third kappa shape index (κ3) is 2.85. The number of nitrogens with zero attached hydrogens (tertiary/aromatic N) is 2. The molecule has 0 aliphatic rings. The average molecular weight is 298 g/mol. The average Bonchev–Trinajstić information content (AvgIpc) is 2.66. The minimum atomic E-state index is -1.07. The molecule has 0 atom stereocenters. The Hall–Kier alpha value is -1.66. The SMILES string of the molecule is CSc1nn(Cc2cccc(Cl)c2)c(N)c1C(=O)O. The summed E-state index contributed by atoms with van der Waals surface area (Å²) in [5.74, 6) is -0.920. The fourth-order valence-corrected chi connectivity index (χ4v) is 2.51. The zero-order valence-electron chi connectivity index (χ0n) is 10.1. The Morgan fingerprint density at radius 2 is 2.32 bits per heavy atom. The molecule has 0 spiro atoms. The van der Waals surface area contributed by atoms with E-state index >= 15 is 0 Å². The van der Waals surface area contributed by atoms with Gasteiger partial charge >= 0.3 is 5.97 Å². The molecule has 0 saturated carbocycles. The van der Waals surface area contributed by atoms with Crippen molar-refractivity contribution in [3.8, 4) is 0 Å². The van der Waals surface area contributed by atoms with Crippen molar-refractivity contribution in [2.75, 3.05) is 12.0 Å². The van der Waals surface area contributed by atoms with Crippen LogP contribution in [0, 0.1) is 0 Å². The minimum absolute atomic E-state index is 0.0505. The number of carboxylic acids is 1. The van der Waals surface area contributed by atoms with Gasteiger partial charge in [-0.3, -0.25) is 0 Å². The molecule has 0 bridgehead atoms. The van der Waals surface area contributed by atoms with E-state index in [0.29, 0.717) is 16.6 Å². The molecule has 0 unspecified atom stereocenters. The Kier molecular flexibility index (Phi) is 4.01. The quantitative estimate of drug-likeness (QED) is 0.848. The van der Waals surface area contributed by atoms with E-state index in [2.05, 4.69) is 5.10 Å². The number of thioether (sulfide) groups is 1. The maximum Gasteiger partial charge on any atom is 0.342 e. The molecule has 2 rings (SSSR count). The largest absolute Gasteiger partial charge is 0.477 e. The van der Waals surface area contributed by atoms with Gasteiger partial charge in [-0.1, -0.05) is 23.7 Å². The molecule has 0 aliphatic heterocycles. The highest BCUT2D eigenvalue weighted by atomic mass is 35.5. The number of halogens is 1. The van der Waals surface area contributed by atoms with E-state index in [4.69, 9.17) is 22.4 Å². The molecule has 100 valence electrons. The topological polar surface area (TPSA) is 81.1 Å². The molecular formula is C12H12ClN3O2S. The van der Waals surface area contributed by atoms with Gasteiger partial charge in [0.1, 0.15) is 16.4 Å². The third-order valence-electron chi connectivity index (χ3n) is 2.59. The van der Waals surface area contributed by atoms with Crippen LogP contribution in [0.5, 0.6) is 0 Å². The summed E-state index contributed by atoms with van der Waals surface area (Å²) in [6, 6.07) is 7.27. The standard InChI is InChI=1S/C12H12ClN3O2S/c1-19-11-9(12(17)18)10(14)16(15-11)6-7-3-2-4-8(13)5-7/h2-5H,6,14H2,1H3,(H,17,18). The summed E-state index contributed by atoms with van der Waals surface area (Å²) in [5.41, 5.74) is 6.80. The lowest BCUT2D eigenvalue weighted by Gasteiger charge is -2.04. The fourth-order valence-electron chi connectivity index (χ4n) is 1.72. The number of hydrogen-bond donors (Lipinski definition) is 2. The van der Waals surface area contributed by atoms with Crippen LogP contribution in [0.2, 0.25) is 5.02 Å². The molecule has 3 N–H and O–H groups in total. The van der Waals surface area contributed by atoms with Gasteiger partial charge in [0.05, 0.1) is 6.54 Å². The van der Waals surface area contributed by atoms with E-state index in [9.17, 15) is 4.79 Å². The molecule has 1 aromatic carbocycles. The second kappa shape index (κ2) is 5.54. The van der Waals surface area contributed by atoms with Crippen LogP contribution in [-0.4, -0.2) is 27.1 Å². The number of carboxylic acid groups (broad SMARTS) is 1. The highest BCUT2D eigenvalue weighted by molar-refractivity contribution is 7.98. The van der Waals surface area contributed by atoms with E-state index in [1.54, 1.807) is 18.4 Å². The Morgan fingerprint density at radius 1 is 1.58 bits per heavy atom. The molecular weight excluding hydrogens is 286 g/mol. The predicted octanol–water partition coefficient (Wildman–Crippen LogP) is 2.59. The van der Waals surface area contributed by atoms with E-state index < -0.39 is 5.97 Å². The van der Waals surface area contributed by atoms with Crippen LogP contribution < -0.4 is 5.73 Å². The van der Waals surface area contributed by atoms with Crippen molar-refractivity contribution >= 4 is 35.1 Å². The van der Waals surface area contributed by atoms with E-state index in [1.165, 1.54) is 16.4 Å². The zero-order chi connectivity index (χ0) is 14.0. The number of aromatic carboxylic acids is 1. The van der Waals surface area contributed by atoms with Gasteiger partial charge in [0.2, 0.25) is 0 Å². The van der Waals surface area contributed by atoms with Crippen LogP contribution in [0.1, 0.15) is 15.9 Å². The molecule has 1 heterocycles. The Morgan fingerprint density at radius 3 is 2.84 bits per heavy atom. The first-order chi connectivity index (χ1) is 9.02. The number of nitrogen functional groups attached to an aromatic ring is 1. The number of aromatic nitrogens is 2. The fraction of sp³-hybridized carbons (Fsp3) is 0.167. The van der Waals surface area contributed by atoms with Crippen LogP contribution in [-0.2, 0) is 6.54 Å². The molecule has 2 aromatic rings. The summed E-state index contributed by atoms with van der Waals surface area (Å²) in [5, 5.41) is 14.4. The molecule has 0 fully saturated rings. The minimum Gasteiger partial charge on any atom is -0.477 e. The summed E-state index contributed by atoms with van der Waals surface area (Å²) in [6.45, 7) is 0.382.